The fourth-order valence-corrected chi connectivity index (χ4v) is 6.03. The number of fused-ring (bicyclic) bond motifs is 1. The maximum atomic E-state index is 13.8. The molecule has 0 radical (unpaired) electrons. The van der Waals surface area contributed by atoms with E-state index in [2.05, 4.69) is 26.2 Å². The third kappa shape index (κ3) is 11.9. The summed E-state index contributed by atoms with van der Waals surface area (Å²) in [6.07, 6.45) is 3.46. The Balaban J connectivity index is 1.60. The van der Waals surface area contributed by atoms with Crippen LogP contribution in [-0.4, -0.2) is 104 Å². The number of amides is 5. The normalized spacial score (nSPS) is 22.8. The van der Waals surface area contributed by atoms with Crippen molar-refractivity contribution in [3.05, 3.63) is 65.7 Å². The Morgan fingerprint density at radius 1 is 0.816 bits per heavy atom. The average molecular weight is 677 g/mol. The van der Waals surface area contributed by atoms with Crippen molar-refractivity contribution in [3.63, 3.8) is 0 Å². The van der Waals surface area contributed by atoms with E-state index in [0.717, 1.165) is 31.2 Å². The van der Waals surface area contributed by atoms with Crippen molar-refractivity contribution in [2.24, 2.45) is 5.92 Å². The number of nitrogens with zero attached hydrogens (tertiary/aromatic N) is 2. The molecule has 2 aliphatic rings. The summed E-state index contributed by atoms with van der Waals surface area (Å²) in [5, 5.41) is 11.5. The van der Waals surface area contributed by atoms with Crippen LogP contribution in [0.15, 0.2) is 54.6 Å². The second-order valence-corrected chi connectivity index (χ2v) is 13.4. The van der Waals surface area contributed by atoms with Crippen LogP contribution in [0.25, 0.3) is 0 Å². The minimum atomic E-state index is -1.17. The topological polar surface area (TPSA) is 149 Å². The zero-order valence-electron chi connectivity index (χ0n) is 29.0. The molecule has 1 fully saturated rings. The number of para-hydroxylation sites is 1. The second-order valence-electron chi connectivity index (χ2n) is 13.4. The number of carbonyl (C=O) groups excluding carboxylic acids is 5. The molecule has 12 nitrogen and oxygen atoms in total. The van der Waals surface area contributed by atoms with E-state index in [9.17, 15) is 24.0 Å². The van der Waals surface area contributed by atoms with Crippen LogP contribution in [0.4, 0.5) is 0 Å². The van der Waals surface area contributed by atoms with Gasteiger partial charge in [-0.2, -0.15) is 0 Å². The number of rotatable bonds is 5. The van der Waals surface area contributed by atoms with Crippen LogP contribution in [0.5, 0.6) is 5.75 Å². The van der Waals surface area contributed by atoms with Crippen LogP contribution in [-0.2, 0) is 25.6 Å². The molecule has 4 rings (SSSR count). The monoisotopic (exact) mass is 676 g/mol. The van der Waals surface area contributed by atoms with Gasteiger partial charge < -0.3 is 35.8 Å². The van der Waals surface area contributed by atoms with Gasteiger partial charge in [0.15, 0.2) is 0 Å². The lowest BCUT2D eigenvalue weighted by atomic mass is 10.0. The van der Waals surface area contributed by atoms with E-state index in [1.54, 1.807) is 29.2 Å². The van der Waals surface area contributed by atoms with Gasteiger partial charge in [-0.05, 0) is 49.9 Å². The van der Waals surface area contributed by atoms with Crippen LogP contribution in [0.3, 0.4) is 0 Å². The van der Waals surface area contributed by atoms with Gasteiger partial charge in [0.05, 0.1) is 18.6 Å². The van der Waals surface area contributed by atoms with Crippen LogP contribution >= 0.6 is 0 Å². The van der Waals surface area contributed by atoms with E-state index in [4.69, 9.17) is 4.74 Å². The summed E-state index contributed by atoms with van der Waals surface area (Å²) >= 11 is 0. The van der Waals surface area contributed by atoms with Crippen LogP contribution in [0.2, 0.25) is 0 Å². The number of ether oxygens (including phenoxy) is 1. The molecule has 2 heterocycles. The first kappa shape index (κ1) is 37.4. The molecular formula is C37H52N6O6. The summed E-state index contributed by atoms with van der Waals surface area (Å²) in [5.74, 6) is -1.80. The zero-order chi connectivity index (χ0) is 35.2. The molecule has 0 spiro atoms. The highest BCUT2D eigenvalue weighted by atomic mass is 16.5. The lowest BCUT2D eigenvalue weighted by molar-refractivity contribution is -0.138. The molecule has 2 aromatic carbocycles. The Morgan fingerprint density at radius 3 is 2.24 bits per heavy atom. The van der Waals surface area contributed by atoms with E-state index in [-0.39, 0.29) is 36.1 Å². The van der Waals surface area contributed by atoms with Gasteiger partial charge in [-0.25, -0.2) is 0 Å². The highest BCUT2D eigenvalue weighted by Crippen LogP contribution is 2.20. The van der Waals surface area contributed by atoms with Crippen molar-refractivity contribution in [2.75, 3.05) is 46.4 Å². The molecule has 0 saturated carbocycles. The molecule has 1 saturated heterocycles. The fraction of sp³-hybridized carbons (Fsp3) is 0.541. The van der Waals surface area contributed by atoms with Gasteiger partial charge in [-0.3, -0.25) is 24.0 Å². The maximum absolute atomic E-state index is 13.8. The van der Waals surface area contributed by atoms with Gasteiger partial charge in [0, 0.05) is 39.1 Å². The van der Waals surface area contributed by atoms with Crippen molar-refractivity contribution >= 4 is 29.5 Å². The fourth-order valence-electron chi connectivity index (χ4n) is 6.03. The Hall–Kier alpha value is -4.45. The molecule has 2 aliphatic heterocycles. The summed E-state index contributed by atoms with van der Waals surface area (Å²) in [5.41, 5.74) is 1.16. The molecule has 49 heavy (non-hydrogen) atoms. The van der Waals surface area contributed by atoms with Crippen LogP contribution < -0.4 is 26.0 Å². The Labute approximate surface area is 289 Å². The SMILES string of the molecule is CC(C)C[C@@H]1NC(=O)C[C@@H](C(=O)N2CCN(C)CC2)NC(=O)c2ccccc2OCCCCCCNC(=O)[C@H](Cc2ccccc2)NC1=O. The molecule has 5 amide bonds. The minimum absolute atomic E-state index is 0.0332. The van der Waals surface area contributed by atoms with Gasteiger partial charge in [0.25, 0.3) is 5.91 Å². The number of hydrogen-bond donors (Lipinski definition) is 4. The van der Waals surface area contributed by atoms with E-state index < -0.39 is 35.8 Å². The van der Waals surface area contributed by atoms with Gasteiger partial charge in [0.1, 0.15) is 23.9 Å². The third-order valence-corrected chi connectivity index (χ3v) is 8.84. The van der Waals surface area contributed by atoms with E-state index in [1.807, 2.05) is 51.2 Å². The number of likely N-dealkylation sites (N-methyl/N-ethyl adjacent to an activating group) is 1. The third-order valence-electron chi connectivity index (χ3n) is 8.84. The quantitative estimate of drug-likeness (QED) is 0.380. The molecule has 0 aromatic heterocycles. The van der Waals surface area contributed by atoms with Crippen molar-refractivity contribution in [1.29, 1.82) is 0 Å². The predicted molar refractivity (Wildman–Crippen MR) is 187 cm³/mol. The lowest BCUT2D eigenvalue weighted by Crippen LogP contribution is -2.57. The second kappa shape index (κ2) is 18.9. The molecular weight excluding hydrogens is 624 g/mol. The number of nitrogens with one attached hydrogen (secondary N) is 4. The summed E-state index contributed by atoms with van der Waals surface area (Å²) in [7, 11) is 1.98. The molecule has 0 unspecified atom stereocenters. The van der Waals surface area contributed by atoms with E-state index >= 15 is 0 Å². The summed E-state index contributed by atoms with van der Waals surface area (Å²) < 4.78 is 6.00. The smallest absolute Gasteiger partial charge is 0.255 e. The molecule has 12 heteroatoms. The van der Waals surface area contributed by atoms with Crippen molar-refractivity contribution < 1.29 is 28.7 Å². The molecule has 4 N–H and O–H groups in total. The number of benzene rings is 2. The number of carbonyl (C=O) groups is 5. The molecule has 3 atom stereocenters. The Morgan fingerprint density at radius 2 is 1.51 bits per heavy atom. The largest absolute Gasteiger partial charge is 0.493 e. The molecule has 2 aromatic rings. The first-order chi connectivity index (χ1) is 23.6. The van der Waals surface area contributed by atoms with E-state index in [0.29, 0.717) is 51.5 Å². The van der Waals surface area contributed by atoms with E-state index in [1.165, 1.54) is 0 Å². The first-order valence-electron chi connectivity index (χ1n) is 17.5. The average Bonchev–Trinajstić information content (AvgIpc) is 3.08. The Kier molecular flexibility index (Phi) is 14.4. The molecule has 0 bridgehead atoms. The zero-order valence-corrected chi connectivity index (χ0v) is 29.0. The van der Waals surface area contributed by atoms with Gasteiger partial charge in [-0.1, -0.05) is 69.2 Å². The highest BCUT2D eigenvalue weighted by Gasteiger charge is 2.33. The predicted octanol–water partition coefficient (Wildman–Crippen LogP) is 2.28. The standard InChI is InChI=1S/C37H52N6O6/c1-26(2)23-29-36(47)40-30(24-27-13-7-6-8-14-27)35(46)38-17-11-4-5-12-22-49-32-16-10-9-15-28(32)34(45)41-31(25-33(44)39-29)37(48)43-20-18-42(3)19-21-43/h6-10,13-16,26,29-31H,4-5,11-12,17-25H2,1-3H3,(H,38,46)(H,39,44)(H,40,47)(H,41,45)/t29-,30-,31-/m0/s1. The van der Waals surface area contributed by atoms with Crippen LogP contribution in [0, 0.1) is 5.92 Å². The highest BCUT2D eigenvalue weighted by molar-refractivity contribution is 6.01. The van der Waals surface area contributed by atoms with Crippen molar-refractivity contribution in [2.45, 2.75) is 76.9 Å². The molecule has 266 valence electrons. The maximum Gasteiger partial charge on any atom is 0.255 e. The minimum Gasteiger partial charge on any atom is -0.493 e. The summed E-state index contributed by atoms with van der Waals surface area (Å²) in [4.78, 5) is 72.1. The van der Waals surface area contributed by atoms with Gasteiger partial charge in [-0.15, -0.1) is 0 Å². The lowest BCUT2D eigenvalue weighted by Gasteiger charge is -2.34. The summed E-state index contributed by atoms with van der Waals surface area (Å²) in [6.45, 7) is 7.00. The van der Waals surface area contributed by atoms with Gasteiger partial charge in [0.2, 0.25) is 23.6 Å². The first-order valence-corrected chi connectivity index (χ1v) is 17.5. The van der Waals surface area contributed by atoms with Crippen molar-refractivity contribution in [1.82, 2.24) is 31.1 Å². The number of piperazine rings is 1. The molecule has 0 aliphatic carbocycles. The summed E-state index contributed by atoms with van der Waals surface area (Å²) in [6, 6.07) is 13.3. The Bertz CT molecular complexity index is 1410. The van der Waals surface area contributed by atoms with Crippen molar-refractivity contribution in [3.8, 4) is 5.75 Å². The van der Waals surface area contributed by atoms with Crippen LogP contribution in [0.1, 0.15) is 68.3 Å². The van der Waals surface area contributed by atoms with Gasteiger partial charge >= 0.3 is 0 Å². The number of hydrogen-bond acceptors (Lipinski definition) is 7.